The van der Waals surface area contributed by atoms with Gasteiger partial charge >= 0.3 is 0 Å². The van der Waals surface area contributed by atoms with Crippen molar-refractivity contribution >= 4 is 0 Å². The first kappa shape index (κ1) is 10.1. The number of hydrogen-bond acceptors (Lipinski definition) is 3. The van der Waals surface area contributed by atoms with Gasteiger partial charge in [0.15, 0.2) is 0 Å². The summed E-state index contributed by atoms with van der Waals surface area (Å²) in [5.41, 5.74) is 2.84. The van der Waals surface area contributed by atoms with E-state index in [0.717, 1.165) is 32.7 Å². The smallest absolute Gasteiger partial charge is 0.0993 e. The highest BCUT2D eigenvalue weighted by Crippen LogP contribution is 2.52. The first-order valence-corrected chi connectivity index (χ1v) is 6.49. The molecule has 3 heteroatoms. The zero-order chi connectivity index (χ0) is 11.2. The summed E-state index contributed by atoms with van der Waals surface area (Å²) < 4.78 is 11.6. The van der Waals surface area contributed by atoms with E-state index in [1.54, 1.807) is 0 Å². The molecule has 2 saturated heterocycles. The van der Waals surface area contributed by atoms with Gasteiger partial charge in [-0.1, -0.05) is 24.3 Å². The van der Waals surface area contributed by atoms with Gasteiger partial charge in [-0.2, -0.15) is 0 Å². The lowest BCUT2D eigenvalue weighted by Gasteiger charge is -2.35. The van der Waals surface area contributed by atoms with E-state index in [4.69, 9.17) is 9.47 Å². The van der Waals surface area contributed by atoms with Crippen LogP contribution >= 0.6 is 0 Å². The first-order valence-electron chi connectivity index (χ1n) is 6.49. The normalized spacial score (nSPS) is 36.1. The molecule has 3 nitrogen and oxygen atoms in total. The Morgan fingerprint density at radius 2 is 1.82 bits per heavy atom. The zero-order valence-electron chi connectivity index (χ0n) is 9.84. The van der Waals surface area contributed by atoms with Gasteiger partial charge in [0.2, 0.25) is 0 Å². The highest BCUT2D eigenvalue weighted by molar-refractivity contribution is 5.38. The summed E-state index contributed by atoms with van der Waals surface area (Å²) in [6.45, 7) is 3.85. The van der Waals surface area contributed by atoms with Crippen molar-refractivity contribution in [2.75, 3.05) is 26.3 Å². The second kappa shape index (κ2) is 3.80. The lowest BCUT2D eigenvalue weighted by atomic mass is 9.87. The molecule has 3 aliphatic rings. The molecule has 0 N–H and O–H groups in total. The van der Waals surface area contributed by atoms with Crippen LogP contribution in [-0.2, 0) is 9.47 Å². The molecule has 0 saturated carbocycles. The van der Waals surface area contributed by atoms with Crippen molar-refractivity contribution in [3.05, 3.63) is 35.4 Å². The molecule has 0 aromatic heterocycles. The van der Waals surface area contributed by atoms with E-state index in [-0.39, 0.29) is 0 Å². The maximum Gasteiger partial charge on any atom is 0.0993 e. The van der Waals surface area contributed by atoms with Crippen molar-refractivity contribution < 1.29 is 9.47 Å². The van der Waals surface area contributed by atoms with Crippen molar-refractivity contribution in [3.63, 3.8) is 0 Å². The van der Waals surface area contributed by atoms with Crippen molar-refractivity contribution in [2.24, 2.45) is 0 Å². The molecule has 0 aliphatic carbocycles. The molecule has 3 unspecified atom stereocenters. The summed E-state index contributed by atoms with van der Waals surface area (Å²) in [7, 11) is 0. The lowest BCUT2D eigenvalue weighted by Crippen LogP contribution is -2.45. The Morgan fingerprint density at radius 3 is 2.65 bits per heavy atom. The molecule has 0 spiro atoms. The molecule has 3 aliphatic heterocycles. The minimum Gasteiger partial charge on any atom is -0.379 e. The molecule has 2 bridgehead atoms. The summed E-state index contributed by atoms with van der Waals surface area (Å²) in [4.78, 5) is 2.55. The number of fused-ring (bicyclic) bond motifs is 5. The number of ether oxygens (including phenoxy) is 2. The number of rotatable bonds is 1. The Hall–Kier alpha value is -0.900. The maximum absolute atomic E-state index is 6.13. The third-order valence-corrected chi connectivity index (χ3v) is 4.28. The predicted octanol–water partition coefficient (Wildman–Crippen LogP) is 1.90. The number of morpholine rings is 1. The summed E-state index contributed by atoms with van der Waals surface area (Å²) in [5.74, 6) is 0. The van der Waals surface area contributed by atoms with Crippen molar-refractivity contribution in [3.8, 4) is 0 Å². The van der Waals surface area contributed by atoms with Crippen molar-refractivity contribution in [1.29, 1.82) is 0 Å². The third kappa shape index (κ3) is 1.46. The number of hydrogen-bond donors (Lipinski definition) is 0. The fourth-order valence-corrected chi connectivity index (χ4v) is 3.46. The summed E-state index contributed by atoms with van der Waals surface area (Å²) >= 11 is 0. The predicted molar refractivity (Wildman–Crippen MR) is 63.8 cm³/mol. The third-order valence-electron chi connectivity index (χ3n) is 4.28. The van der Waals surface area contributed by atoms with Crippen LogP contribution in [0.2, 0.25) is 0 Å². The molecule has 3 heterocycles. The molecule has 1 aromatic rings. The van der Waals surface area contributed by atoms with Gasteiger partial charge in [0.1, 0.15) is 0 Å². The highest BCUT2D eigenvalue weighted by Gasteiger charge is 2.47. The lowest BCUT2D eigenvalue weighted by molar-refractivity contribution is -0.00843. The topological polar surface area (TPSA) is 21.7 Å². The molecule has 17 heavy (non-hydrogen) atoms. The Morgan fingerprint density at radius 1 is 1.06 bits per heavy atom. The molecule has 4 rings (SSSR count). The van der Waals surface area contributed by atoms with Gasteiger partial charge < -0.3 is 9.47 Å². The second-order valence-electron chi connectivity index (χ2n) is 5.13. The summed E-state index contributed by atoms with van der Waals surface area (Å²) in [6.07, 6.45) is 1.79. The fourth-order valence-electron chi connectivity index (χ4n) is 3.46. The van der Waals surface area contributed by atoms with Gasteiger partial charge in [0, 0.05) is 19.1 Å². The van der Waals surface area contributed by atoms with Gasteiger partial charge in [0.25, 0.3) is 0 Å². The van der Waals surface area contributed by atoms with Gasteiger partial charge in [-0.15, -0.1) is 0 Å². The van der Waals surface area contributed by atoms with Gasteiger partial charge in [-0.3, -0.25) is 4.90 Å². The Balaban J connectivity index is 1.62. The quantitative estimate of drug-likeness (QED) is 0.737. The van der Waals surface area contributed by atoms with Gasteiger partial charge in [0.05, 0.1) is 25.4 Å². The van der Waals surface area contributed by atoms with E-state index in [1.165, 1.54) is 11.1 Å². The van der Waals surface area contributed by atoms with Gasteiger partial charge in [-0.25, -0.2) is 0 Å². The van der Waals surface area contributed by atoms with Crippen LogP contribution in [0.25, 0.3) is 0 Å². The van der Waals surface area contributed by atoms with Crippen molar-refractivity contribution in [1.82, 2.24) is 4.90 Å². The Kier molecular flexibility index (Phi) is 2.25. The van der Waals surface area contributed by atoms with Crippen LogP contribution in [0.1, 0.15) is 29.8 Å². The molecule has 1 aromatic carbocycles. The Labute approximate surface area is 101 Å². The van der Waals surface area contributed by atoms with Crippen LogP contribution in [0.4, 0.5) is 0 Å². The fraction of sp³-hybridized carbons (Fsp3) is 0.571. The molecule has 0 radical (unpaired) electrons. The van der Waals surface area contributed by atoms with Crippen LogP contribution in [0, 0.1) is 0 Å². The van der Waals surface area contributed by atoms with E-state index in [9.17, 15) is 0 Å². The number of benzene rings is 1. The van der Waals surface area contributed by atoms with E-state index >= 15 is 0 Å². The maximum atomic E-state index is 6.13. The molecule has 3 atom stereocenters. The van der Waals surface area contributed by atoms with Gasteiger partial charge in [-0.05, 0) is 17.5 Å². The van der Waals surface area contributed by atoms with Crippen LogP contribution < -0.4 is 0 Å². The van der Waals surface area contributed by atoms with E-state index in [2.05, 4.69) is 29.2 Å². The SMILES string of the molecule is c1ccc2c(c1)C1CC(N3CCOCC3)C2O1. The summed E-state index contributed by atoms with van der Waals surface area (Å²) in [6, 6.07) is 9.26. The Bertz CT molecular complexity index is 428. The average Bonchev–Trinajstić information content (AvgIpc) is 2.99. The average molecular weight is 231 g/mol. The molecule has 2 fully saturated rings. The standard InChI is InChI=1S/C14H17NO2/c1-2-4-11-10(3-1)13-9-12(14(11)17-13)15-5-7-16-8-6-15/h1-4,12-14H,5-9H2. The number of nitrogens with zero attached hydrogens (tertiary/aromatic N) is 1. The molecule has 90 valence electrons. The zero-order valence-corrected chi connectivity index (χ0v) is 9.84. The van der Waals surface area contributed by atoms with Crippen molar-refractivity contribution in [2.45, 2.75) is 24.7 Å². The first-order chi connectivity index (χ1) is 8.43. The largest absolute Gasteiger partial charge is 0.379 e. The van der Waals surface area contributed by atoms with Crippen LogP contribution in [0.5, 0.6) is 0 Å². The molecular formula is C14H17NO2. The monoisotopic (exact) mass is 231 g/mol. The second-order valence-corrected chi connectivity index (χ2v) is 5.13. The molecule has 0 amide bonds. The van der Waals surface area contributed by atoms with E-state index < -0.39 is 0 Å². The van der Waals surface area contributed by atoms with Crippen LogP contribution in [0.15, 0.2) is 24.3 Å². The van der Waals surface area contributed by atoms with Crippen LogP contribution in [-0.4, -0.2) is 37.2 Å². The van der Waals surface area contributed by atoms with E-state index in [0.29, 0.717) is 18.2 Å². The minimum absolute atomic E-state index is 0.300. The minimum atomic E-state index is 0.300. The molecular weight excluding hydrogens is 214 g/mol. The summed E-state index contributed by atoms with van der Waals surface area (Å²) in [5, 5.41) is 0. The highest BCUT2D eigenvalue weighted by atomic mass is 16.5. The van der Waals surface area contributed by atoms with Crippen LogP contribution in [0.3, 0.4) is 0 Å². The van der Waals surface area contributed by atoms with E-state index in [1.807, 2.05) is 0 Å².